The Morgan fingerprint density at radius 2 is 2.05 bits per heavy atom. The van der Waals surface area contributed by atoms with Gasteiger partial charge in [-0.25, -0.2) is 4.79 Å². The Kier molecular flexibility index (Phi) is 5.41. The zero-order valence-electron chi connectivity index (χ0n) is 10.6. The lowest BCUT2D eigenvalue weighted by Gasteiger charge is -2.17. The molecule has 0 heterocycles. The minimum atomic E-state index is -4.61. The standard InChI is InChI=1S/C12H12BrF3O4/c1-3-20-11(18)9(17)7-4-6(12(14,15)16)5-8(13)10(7)19-2/h4-5,9,17H,3H2,1-2H3. The first kappa shape index (κ1) is 16.8. The lowest BCUT2D eigenvalue weighted by molar-refractivity contribution is -0.153. The highest BCUT2D eigenvalue weighted by Crippen LogP contribution is 2.40. The highest BCUT2D eigenvalue weighted by Gasteiger charge is 2.34. The van der Waals surface area contributed by atoms with Crippen LogP contribution in [0.2, 0.25) is 0 Å². The lowest BCUT2D eigenvalue weighted by atomic mass is 10.0. The number of esters is 1. The second-order valence-electron chi connectivity index (χ2n) is 3.73. The number of ether oxygens (including phenoxy) is 2. The second kappa shape index (κ2) is 6.45. The quantitative estimate of drug-likeness (QED) is 0.842. The number of aliphatic hydroxyl groups is 1. The monoisotopic (exact) mass is 356 g/mol. The van der Waals surface area contributed by atoms with Crippen LogP contribution in [0.5, 0.6) is 5.75 Å². The van der Waals surface area contributed by atoms with Crippen LogP contribution in [0.4, 0.5) is 13.2 Å². The molecule has 0 aliphatic heterocycles. The fourth-order valence-electron chi connectivity index (χ4n) is 1.54. The van der Waals surface area contributed by atoms with Crippen molar-refractivity contribution in [3.05, 3.63) is 27.7 Å². The molecule has 4 nitrogen and oxygen atoms in total. The third-order valence-corrected chi connectivity index (χ3v) is 3.00. The van der Waals surface area contributed by atoms with Crippen LogP contribution in [0.3, 0.4) is 0 Å². The van der Waals surface area contributed by atoms with Crippen LogP contribution in [-0.2, 0) is 15.7 Å². The van der Waals surface area contributed by atoms with Gasteiger partial charge in [0.1, 0.15) is 5.75 Å². The van der Waals surface area contributed by atoms with E-state index in [9.17, 15) is 23.1 Å². The summed E-state index contributed by atoms with van der Waals surface area (Å²) in [6.45, 7) is 1.52. The Bertz CT molecular complexity index is 502. The molecular weight excluding hydrogens is 345 g/mol. The number of carbonyl (C=O) groups excluding carboxylic acids is 1. The molecule has 0 bridgehead atoms. The first-order valence-electron chi connectivity index (χ1n) is 5.51. The maximum Gasteiger partial charge on any atom is 0.416 e. The van der Waals surface area contributed by atoms with Crippen molar-refractivity contribution >= 4 is 21.9 Å². The fourth-order valence-corrected chi connectivity index (χ4v) is 2.18. The number of alkyl halides is 3. The van der Waals surface area contributed by atoms with Gasteiger partial charge in [-0.1, -0.05) is 0 Å². The van der Waals surface area contributed by atoms with Gasteiger partial charge in [-0.2, -0.15) is 13.2 Å². The summed E-state index contributed by atoms with van der Waals surface area (Å²) in [5.74, 6) is -1.10. The molecule has 1 aromatic rings. The van der Waals surface area contributed by atoms with Crippen molar-refractivity contribution in [2.24, 2.45) is 0 Å². The Balaban J connectivity index is 3.35. The number of methoxy groups -OCH3 is 1. The van der Waals surface area contributed by atoms with Gasteiger partial charge < -0.3 is 14.6 Å². The normalized spacial score (nSPS) is 12.9. The zero-order chi connectivity index (χ0) is 15.5. The SMILES string of the molecule is CCOC(=O)C(O)c1cc(C(F)(F)F)cc(Br)c1OC. The van der Waals surface area contributed by atoms with Gasteiger partial charge in [0.05, 0.1) is 23.8 Å². The minimum Gasteiger partial charge on any atom is -0.495 e. The zero-order valence-corrected chi connectivity index (χ0v) is 12.2. The van der Waals surface area contributed by atoms with E-state index in [-0.39, 0.29) is 22.4 Å². The van der Waals surface area contributed by atoms with Crippen LogP contribution < -0.4 is 4.74 Å². The predicted octanol–water partition coefficient (Wildman–Crippen LogP) is 3.07. The number of halogens is 4. The van der Waals surface area contributed by atoms with Gasteiger partial charge >= 0.3 is 12.1 Å². The average Bonchev–Trinajstić information content (AvgIpc) is 2.36. The van der Waals surface area contributed by atoms with Crippen LogP contribution in [0.1, 0.15) is 24.2 Å². The van der Waals surface area contributed by atoms with E-state index in [4.69, 9.17) is 4.74 Å². The third-order valence-electron chi connectivity index (χ3n) is 2.41. The van der Waals surface area contributed by atoms with Crippen molar-refractivity contribution in [3.63, 3.8) is 0 Å². The Labute approximate surface area is 121 Å². The average molecular weight is 357 g/mol. The summed E-state index contributed by atoms with van der Waals surface area (Å²) < 4.78 is 47.7. The number of aliphatic hydroxyl groups excluding tert-OH is 1. The maximum absolute atomic E-state index is 12.7. The van der Waals surface area contributed by atoms with Crippen LogP contribution in [0.15, 0.2) is 16.6 Å². The van der Waals surface area contributed by atoms with Gasteiger partial charge in [0.25, 0.3) is 0 Å². The Morgan fingerprint density at radius 1 is 1.45 bits per heavy atom. The molecule has 0 amide bonds. The third kappa shape index (κ3) is 3.63. The molecule has 1 atom stereocenters. The molecule has 0 fully saturated rings. The van der Waals surface area contributed by atoms with Crippen molar-refractivity contribution in [2.75, 3.05) is 13.7 Å². The molecule has 0 aliphatic carbocycles. The summed E-state index contributed by atoms with van der Waals surface area (Å²) in [5.41, 5.74) is -1.32. The molecule has 0 aromatic heterocycles. The van der Waals surface area contributed by atoms with Crippen molar-refractivity contribution in [3.8, 4) is 5.75 Å². The van der Waals surface area contributed by atoms with Gasteiger partial charge in [-0.3, -0.25) is 0 Å². The van der Waals surface area contributed by atoms with E-state index in [1.165, 1.54) is 14.0 Å². The summed E-state index contributed by atoms with van der Waals surface area (Å²) in [7, 11) is 1.22. The minimum absolute atomic E-state index is 0.00165. The molecule has 112 valence electrons. The van der Waals surface area contributed by atoms with E-state index in [1.807, 2.05) is 0 Å². The molecule has 8 heteroatoms. The second-order valence-corrected chi connectivity index (χ2v) is 4.59. The summed E-state index contributed by atoms with van der Waals surface area (Å²) in [6, 6.07) is 1.46. The maximum atomic E-state index is 12.7. The van der Waals surface area contributed by atoms with E-state index in [1.54, 1.807) is 0 Å². The summed E-state index contributed by atoms with van der Waals surface area (Å²) in [6.07, 6.45) is -6.47. The predicted molar refractivity (Wildman–Crippen MR) is 67.3 cm³/mol. The summed E-state index contributed by atoms with van der Waals surface area (Å²) in [4.78, 5) is 11.5. The molecular formula is C12H12BrF3O4. The fraction of sp³-hybridized carbons (Fsp3) is 0.417. The number of rotatable bonds is 4. The number of hydrogen-bond acceptors (Lipinski definition) is 4. The Morgan fingerprint density at radius 3 is 2.50 bits per heavy atom. The van der Waals surface area contributed by atoms with Crippen molar-refractivity contribution in [1.82, 2.24) is 0 Å². The van der Waals surface area contributed by atoms with Crippen LogP contribution in [0, 0.1) is 0 Å². The Hall–Kier alpha value is -1.28. The van der Waals surface area contributed by atoms with Gasteiger partial charge in [0.15, 0.2) is 6.10 Å². The van der Waals surface area contributed by atoms with Crippen molar-refractivity contribution < 1.29 is 32.5 Å². The highest BCUT2D eigenvalue weighted by atomic mass is 79.9. The molecule has 1 N–H and O–H groups in total. The van der Waals surface area contributed by atoms with Crippen molar-refractivity contribution in [2.45, 2.75) is 19.2 Å². The van der Waals surface area contributed by atoms with Gasteiger partial charge in [0.2, 0.25) is 0 Å². The first-order valence-corrected chi connectivity index (χ1v) is 6.31. The first-order chi connectivity index (χ1) is 9.22. The van der Waals surface area contributed by atoms with Crippen LogP contribution in [0.25, 0.3) is 0 Å². The van der Waals surface area contributed by atoms with Gasteiger partial charge in [0, 0.05) is 5.56 Å². The lowest BCUT2D eigenvalue weighted by Crippen LogP contribution is -2.17. The largest absolute Gasteiger partial charge is 0.495 e. The van der Waals surface area contributed by atoms with Crippen molar-refractivity contribution in [1.29, 1.82) is 0 Å². The molecule has 20 heavy (non-hydrogen) atoms. The molecule has 1 unspecified atom stereocenters. The summed E-state index contributed by atoms with van der Waals surface area (Å²) >= 11 is 2.92. The molecule has 0 spiro atoms. The topological polar surface area (TPSA) is 55.8 Å². The highest BCUT2D eigenvalue weighted by molar-refractivity contribution is 9.10. The smallest absolute Gasteiger partial charge is 0.416 e. The van der Waals surface area contributed by atoms with Gasteiger partial charge in [-0.05, 0) is 35.0 Å². The van der Waals surface area contributed by atoms with E-state index < -0.39 is 23.8 Å². The van der Waals surface area contributed by atoms with E-state index in [0.29, 0.717) is 6.07 Å². The molecule has 0 radical (unpaired) electrons. The van der Waals surface area contributed by atoms with E-state index in [0.717, 1.165) is 6.07 Å². The van der Waals surface area contributed by atoms with E-state index >= 15 is 0 Å². The molecule has 0 saturated carbocycles. The number of hydrogen-bond donors (Lipinski definition) is 1. The number of carbonyl (C=O) groups is 1. The molecule has 1 aromatic carbocycles. The van der Waals surface area contributed by atoms with Crippen LogP contribution in [-0.4, -0.2) is 24.8 Å². The summed E-state index contributed by atoms with van der Waals surface area (Å²) in [5, 5.41) is 9.80. The van der Waals surface area contributed by atoms with Gasteiger partial charge in [-0.15, -0.1) is 0 Å². The van der Waals surface area contributed by atoms with Crippen LogP contribution >= 0.6 is 15.9 Å². The molecule has 1 rings (SSSR count). The molecule has 0 aliphatic rings. The number of benzene rings is 1. The van der Waals surface area contributed by atoms with E-state index in [2.05, 4.69) is 20.7 Å². The molecule has 0 saturated heterocycles.